The van der Waals surface area contributed by atoms with Crippen LogP contribution in [0.3, 0.4) is 0 Å². The van der Waals surface area contributed by atoms with Crippen molar-refractivity contribution in [1.29, 1.82) is 0 Å². The van der Waals surface area contributed by atoms with Gasteiger partial charge in [-0.2, -0.15) is 0 Å². The van der Waals surface area contributed by atoms with Crippen molar-refractivity contribution in [2.24, 2.45) is 0 Å². The zero-order valence-electron chi connectivity index (χ0n) is 14.4. The molecule has 2 aromatic heterocycles. The van der Waals surface area contributed by atoms with Gasteiger partial charge in [0.15, 0.2) is 0 Å². The number of hydrogen-bond donors (Lipinski definition) is 0. The van der Waals surface area contributed by atoms with Gasteiger partial charge in [-0.25, -0.2) is 4.98 Å². The average Bonchev–Trinajstić information content (AvgIpc) is 3.27. The first-order chi connectivity index (χ1) is 11.8. The van der Waals surface area contributed by atoms with E-state index in [4.69, 9.17) is 9.72 Å². The predicted molar refractivity (Wildman–Crippen MR) is 92.3 cm³/mol. The van der Waals surface area contributed by atoms with E-state index in [0.29, 0.717) is 19.3 Å². The van der Waals surface area contributed by atoms with Crippen molar-refractivity contribution in [2.45, 2.75) is 64.4 Å². The topological polar surface area (TPSA) is 43.2 Å². The second-order valence-corrected chi connectivity index (χ2v) is 6.97. The molecule has 5 heteroatoms. The molecule has 0 amide bonds. The second-order valence-electron chi connectivity index (χ2n) is 6.97. The maximum Gasteiger partial charge on any atom is 0.126 e. The van der Waals surface area contributed by atoms with Crippen LogP contribution in [0, 0.1) is 0 Å². The molecular formula is C19H26N4O. The van der Waals surface area contributed by atoms with Gasteiger partial charge in [-0.1, -0.05) is 18.9 Å². The van der Waals surface area contributed by atoms with Crippen molar-refractivity contribution < 1.29 is 4.74 Å². The molecule has 2 aromatic rings. The molecule has 0 radical (unpaired) electrons. The van der Waals surface area contributed by atoms with Crippen molar-refractivity contribution in [3.05, 3.63) is 47.8 Å². The Morgan fingerprint density at radius 1 is 1.17 bits per heavy atom. The zero-order chi connectivity index (χ0) is 16.4. The molecule has 5 nitrogen and oxygen atoms in total. The molecule has 0 unspecified atom stereocenters. The SMILES string of the molecule is C[C@H]1c2ncc(COCc3cccnc3)n2CCN1C1CCCC1. The van der Waals surface area contributed by atoms with Gasteiger partial charge in [0.05, 0.1) is 31.1 Å². The predicted octanol–water partition coefficient (Wildman–Crippen LogP) is 3.31. The largest absolute Gasteiger partial charge is 0.370 e. The van der Waals surface area contributed by atoms with Crippen molar-refractivity contribution in [1.82, 2.24) is 19.4 Å². The van der Waals surface area contributed by atoms with Gasteiger partial charge in [-0.15, -0.1) is 0 Å². The summed E-state index contributed by atoms with van der Waals surface area (Å²) >= 11 is 0. The minimum atomic E-state index is 0.411. The molecular weight excluding hydrogens is 300 g/mol. The maximum atomic E-state index is 5.88. The minimum Gasteiger partial charge on any atom is -0.370 e. The van der Waals surface area contributed by atoms with E-state index in [1.54, 1.807) is 6.20 Å². The molecule has 0 spiro atoms. The van der Waals surface area contributed by atoms with Gasteiger partial charge in [0, 0.05) is 31.5 Å². The number of pyridine rings is 1. The Balaban J connectivity index is 1.40. The number of ether oxygens (including phenoxy) is 1. The quantitative estimate of drug-likeness (QED) is 0.845. The van der Waals surface area contributed by atoms with Gasteiger partial charge in [0.25, 0.3) is 0 Å². The molecule has 2 aliphatic rings. The first kappa shape index (κ1) is 15.8. The van der Waals surface area contributed by atoms with E-state index in [1.165, 1.54) is 37.2 Å². The monoisotopic (exact) mass is 326 g/mol. The first-order valence-corrected chi connectivity index (χ1v) is 9.09. The van der Waals surface area contributed by atoms with E-state index in [9.17, 15) is 0 Å². The lowest BCUT2D eigenvalue weighted by Gasteiger charge is -2.38. The van der Waals surface area contributed by atoms with Gasteiger partial charge < -0.3 is 9.30 Å². The Labute approximate surface area is 143 Å². The molecule has 1 saturated carbocycles. The third kappa shape index (κ3) is 3.10. The molecule has 4 rings (SSSR count). The van der Waals surface area contributed by atoms with Crippen LogP contribution in [0.25, 0.3) is 0 Å². The summed E-state index contributed by atoms with van der Waals surface area (Å²) in [6.07, 6.45) is 11.1. The van der Waals surface area contributed by atoms with Gasteiger partial charge in [0.2, 0.25) is 0 Å². The van der Waals surface area contributed by atoms with Crippen molar-refractivity contribution >= 4 is 0 Å². The number of imidazole rings is 1. The van der Waals surface area contributed by atoms with Crippen molar-refractivity contribution in [3.63, 3.8) is 0 Å². The molecule has 1 aliphatic carbocycles. The van der Waals surface area contributed by atoms with E-state index < -0.39 is 0 Å². The summed E-state index contributed by atoms with van der Waals surface area (Å²) in [5.41, 5.74) is 2.29. The molecule has 1 aliphatic heterocycles. The van der Waals surface area contributed by atoms with Crippen LogP contribution in [-0.2, 0) is 24.5 Å². The van der Waals surface area contributed by atoms with Crippen molar-refractivity contribution in [2.75, 3.05) is 6.54 Å². The Morgan fingerprint density at radius 3 is 2.83 bits per heavy atom. The highest BCUT2D eigenvalue weighted by molar-refractivity contribution is 5.12. The Kier molecular flexibility index (Phi) is 4.63. The molecule has 0 saturated heterocycles. The molecule has 0 bridgehead atoms. The fourth-order valence-corrected chi connectivity index (χ4v) is 4.18. The third-order valence-corrected chi connectivity index (χ3v) is 5.46. The fourth-order valence-electron chi connectivity index (χ4n) is 4.18. The molecule has 1 fully saturated rings. The van der Waals surface area contributed by atoms with E-state index >= 15 is 0 Å². The highest BCUT2D eigenvalue weighted by atomic mass is 16.5. The molecule has 128 valence electrons. The lowest BCUT2D eigenvalue weighted by molar-refractivity contribution is 0.0891. The van der Waals surface area contributed by atoms with Crippen LogP contribution in [0.5, 0.6) is 0 Å². The van der Waals surface area contributed by atoms with E-state index in [-0.39, 0.29) is 0 Å². The smallest absolute Gasteiger partial charge is 0.126 e. The molecule has 0 N–H and O–H groups in total. The highest BCUT2D eigenvalue weighted by Gasteiger charge is 2.32. The molecule has 24 heavy (non-hydrogen) atoms. The summed E-state index contributed by atoms with van der Waals surface area (Å²) in [6.45, 7) is 5.67. The van der Waals surface area contributed by atoms with Gasteiger partial charge in [-0.05, 0) is 31.4 Å². The number of aromatic nitrogens is 3. The molecule has 0 aromatic carbocycles. The first-order valence-electron chi connectivity index (χ1n) is 9.09. The molecule has 1 atom stereocenters. The summed E-state index contributed by atoms with van der Waals surface area (Å²) < 4.78 is 8.24. The number of fused-ring (bicyclic) bond motifs is 1. The zero-order valence-corrected chi connectivity index (χ0v) is 14.4. The van der Waals surface area contributed by atoms with E-state index in [0.717, 1.165) is 24.7 Å². The Bertz CT molecular complexity index is 663. The maximum absolute atomic E-state index is 5.88. The van der Waals surface area contributed by atoms with E-state index in [1.807, 2.05) is 24.5 Å². The summed E-state index contributed by atoms with van der Waals surface area (Å²) in [6, 6.07) is 5.16. The number of rotatable bonds is 5. The van der Waals surface area contributed by atoms with Crippen LogP contribution in [0.15, 0.2) is 30.7 Å². The summed E-state index contributed by atoms with van der Waals surface area (Å²) in [7, 11) is 0. The van der Waals surface area contributed by atoms with E-state index in [2.05, 4.69) is 21.4 Å². The normalized spacial score (nSPS) is 22.0. The third-order valence-electron chi connectivity index (χ3n) is 5.46. The summed E-state index contributed by atoms with van der Waals surface area (Å²) in [5, 5.41) is 0. The lowest BCUT2D eigenvalue weighted by Crippen LogP contribution is -2.43. The minimum absolute atomic E-state index is 0.411. The highest BCUT2D eigenvalue weighted by Crippen LogP contribution is 2.33. The van der Waals surface area contributed by atoms with Gasteiger partial charge >= 0.3 is 0 Å². The van der Waals surface area contributed by atoms with Crippen LogP contribution in [0.2, 0.25) is 0 Å². The van der Waals surface area contributed by atoms with Crippen LogP contribution in [0.1, 0.15) is 55.7 Å². The Morgan fingerprint density at radius 2 is 2.04 bits per heavy atom. The van der Waals surface area contributed by atoms with Crippen LogP contribution in [-0.4, -0.2) is 32.0 Å². The summed E-state index contributed by atoms with van der Waals surface area (Å²) in [4.78, 5) is 11.5. The van der Waals surface area contributed by atoms with Gasteiger partial charge in [0.1, 0.15) is 5.82 Å². The van der Waals surface area contributed by atoms with Crippen LogP contribution in [0.4, 0.5) is 0 Å². The summed E-state index contributed by atoms with van der Waals surface area (Å²) in [5.74, 6) is 1.20. The van der Waals surface area contributed by atoms with Crippen LogP contribution < -0.4 is 0 Å². The van der Waals surface area contributed by atoms with Crippen molar-refractivity contribution in [3.8, 4) is 0 Å². The lowest BCUT2D eigenvalue weighted by atomic mass is 10.1. The average molecular weight is 326 g/mol. The fraction of sp³-hybridized carbons (Fsp3) is 0.579. The number of hydrogen-bond acceptors (Lipinski definition) is 4. The standard InChI is InChI=1S/C19H26N4O/c1-15-19-21-12-18(14-24-13-16-5-4-8-20-11-16)23(19)10-9-22(15)17-6-2-3-7-17/h4-5,8,11-12,15,17H,2-3,6-7,9-10,13-14H2,1H3/t15-/m0/s1. The number of nitrogens with zero attached hydrogens (tertiary/aromatic N) is 4. The van der Waals surface area contributed by atoms with Crippen LogP contribution >= 0.6 is 0 Å². The van der Waals surface area contributed by atoms with Gasteiger partial charge in [-0.3, -0.25) is 9.88 Å². The Hall–Kier alpha value is -1.72. The second kappa shape index (κ2) is 7.03. The molecule has 3 heterocycles.